The van der Waals surface area contributed by atoms with Gasteiger partial charge in [-0.15, -0.1) is 0 Å². The van der Waals surface area contributed by atoms with Crippen LogP contribution in [0.3, 0.4) is 0 Å². The second-order valence-corrected chi connectivity index (χ2v) is 8.80. The van der Waals surface area contributed by atoms with Crippen molar-refractivity contribution in [3.8, 4) is 11.1 Å². The minimum absolute atomic E-state index is 0.128. The van der Waals surface area contributed by atoms with Gasteiger partial charge in [0.25, 0.3) is 10.1 Å². The molecule has 2 heterocycles. The first-order valence-electron chi connectivity index (χ1n) is 6.01. The summed E-state index contributed by atoms with van der Waals surface area (Å²) in [6, 6.07) is 6.35. The maximum Gasteiger partial charge on any atom is 0.296 e. The van der Waals surface area contributed by atoms with E-state index in [-0.39, 0.29) is 10.1 Å². The summed E-state index contributed by atoms with van der Waals surface area (Å²) in [6.45, 7) is 0. The first-order chi connectivity index (χ1) is 9.59. The van der Waals surface area contributed by atoms with E-state index in [0.29, 0.717) is 0 Å². The van der Waals surface area contributed by atoms with Crippen LogP contribution in [-0.2, 0) is 26.7 Å². The van der Waals surface area contributed by atoms with Crippen molar-refractivity contribution in [2.45, 2.75) is 10.1 Å². The summed E-state index contributed by atoms with van der Waals surface area (Å²) in [5.41, 5.74) is 1.54. The second-order valence-electron chi connectivity index (χ2n) is 4.85. The Hall–Kier alpha value is -1.80. The molecule has 0 amide bonds. The molecule has 2 aromatic heterocycles. The zero-order valence-corrected chi connectivity index (χ0v) is 13.5. The molecule has 1 N–H and O–H groups in total. The SMILES string of the molecule is C[n+]1cc(-c2ccc(S(C)(=O)=O)[nH+]c2)ccc1S(C)(=O)=O. The van der Waals surface area contributed by atoms with Crippen molar-refractivity contribution in [1.82, 2.24) is 0 Å². The van der Waals surface area contributed by atoms with Crippen LogP contribution in [0.5, 0.6) is 0 Å². The van der Waals surface area contributed by atoms with Gasteiger partial charge in [-0.1, -0.05) is 0 Å². The zero-order chi connectivity index (χ0) is 15.8. The number of hydrogen-bond donors (Lipinski definition) is 0. The Kier molecular flexibility index (Phi) is 3.85. The van der Waals surface area contributed by atoms with Crippen LogP contribution in [0.4, 0.5) is 0 Å². The molecule has 2 aromatic rings. The fourth-order valence-corrected chi connectivity index (χ4v) is 3.45. The molecular formula is C13H16N2O4S2+2. The Morgan fingerprint density at radius 2 is 1.52 bits per heavy atom. The standard InChI is InChI=1S/C13H15N2O4S2/c1-15-9-11(5-7-13(15)21(3,18)19)10-4-6-12(14-8-10)20(2,16)17/h4-9H,1-3H3/q+1/p+1. The van der Waals surface area contributed by atoms with E-state index in [1.807, 2.05) is 0 Å². The molecule has 0 bridgehead atoms. The van der Waals surface area contributed by atoms with E-state index in [2.05, 4.69) is 4.98 Å². The predicted molar refractivity (Wildman–Crippen MR) is 75.8 cm³/mol. The van der Waals surface area contributed by atoms with Crippen LogP contribution in [0.1, 0.15) is 0 Å². The van der Waals surface area contributed by atoms with E-state index < -0.39 is 19.7 Å². The summed E-state index contributed by atoms with van der Waals surface area (Å²) < 4.78 is 47.4. The van der Waals surface area contributed by atoms with Crippen molar-refractivity contribution in [2.24, 2.45) is 7.05 Å². The van der Waals surface area contributed by atoms with E-state index in [1.54, 1.807) is 31.6 Å². The summed E-state index contributed by atoms with van der Waals surface area (Å²) in [7, 11) is -4.91. The van der Waals surface area contributed by atoms with Crippen LogP contribution in [0, 0.1) is 0 Å². The van der Waals surface area contributed by atoms with Crippen LogP contribution < -0.4 is 9.55 Å². The first-order valence-corrected chi connectivity index (χ1v) is 9.79. The smallest absolute Gasteiger partial charge is 0.218 e. The number of nitrogens with zero attached hydrogens (tertiary/aromatic N) is 1. The minimum atomic E-state index is -3.28. The Morgan fingerprint density at radius 3 is 1.95 bits per heavy atom. The summed E-state index contributed by atoms with van der Waals surface area (Å²) in [6.07, 6.45) is 5.53. The summed E-state index contributed by atoms with van der Waals surface area (Å²) in [4.78, 5) is 2.72. The number of hydrogen-bond acceptors (Lipinski definition) is 4. The van der Waals surface area contributed by atoms with Gasteiger partial charge in [-0.2, -0.15) is 4.57 Å². The summed E-state index contributed by atoms with van der Waals surface area (Å²) in [5.74, 6) is 0. The van der Waals surface area contributed by atoms with Gasteiger partial charge in [-0.05, 0) is 12.1 Å². The van der Waals surface area contributed by atoms with Gasteiger partial charge in [0, 0.05) is 24.6 Å². The van der Waals surface area contributed by atoms with E-state index in [4.69, 9.17) is 0 Å². The van der Waals surface area contributed by atoms with Crippen molar-refractivity contribution in [2.75, 3.05) is 12.5 Å². The topological polar surface area (TPSA) is 86.3 Å². The third-order valence-corrected chi connectivity index (χ3v) is 5.22. The van der Waals surface area contributed by atoms with Crippen molar-refractivity contribution in [3.05, 3.63) is 36.7 Å². The highest BCUT2D eigenvalue weighted by Crippen LogP contribution is 2.17. The normalized spacial score (nSPS) is 12.3. The molecule has 0 fully saturated rings. The number of aromatic amines is 1. The molecule has 0 spiro atoms. The van der Waals surface area contributed by atoms with E-state index in [0.717, 1.165) is 23.6 Å². The number of H-pyrrole nitrogens is 1. The van der Waals surface area contributed by atoms with Crippen LogP contribution >= 0.6 is 0 Å². The fraction of sp³-hybridized carbons (Fsp3) is 0.231. The molecule has 0 aliphatic carbocycles. The number of nitrogens with one attached hydrogen (secondary N) is 1. The number of pyridine rings is 2. The monoisotopic (exact) mass is 328 g/mol. The number of sulfone groups is 2. The summed E-state index contributed by atoms with van der Waals surface area (Å²) in [5, 5.41) is 0.339. The Labute approximate surface area is 123 Å². The van der Waals surface area contributed by atoms with Gasteiger partial charge in [-0.3, -0.25) is 0 Å². The molecule has 0 radical (unpaired) electrons. The van der Waals surface area contributed by atoms with Gasteiger partial charge < -0.3 is 0 Å². The minimum Gasteiger partial charge on any atom is -0.218 e. The van der Waals surface area contributed by atoms with Gasteiger partial charge in [-0.25, -0.2) is 21.8 Å². The third-order valence-electron chi connectivity index (χ3n) is 2.98. The molecule has 21 heavy (non-hydrogen) atoms. The molecule has 0 aromatic carbocycles. The molecule has 0 saturated heterocycles. The van der Waals surface area contributed by atoms with Gasteiger partial charge >= 0.3 is 0 Å². The van der Waals surface area contributed by atoms with Crippen molar-refractivity contribution in [1.29, 1.82) is 0 Å². The molecule has 0 saturated carbocycles. The van der Waals surface area contributed by atoms with Gasteiger partial charge in [0.1, 0.15) is 7.05 Å². The van der Waals surface area contributed by atoms with Crippen LogP contribution in [-0.4, -0.2) is 29.3 Å². The lowest BCUT2D eigenvalue weighted by atomic mass is 10.1. The van der Waals surface area contributed by atoms with Crippen LogP contribution in [0.15, 0.2) is 46.7 Å². The average molecular weight is 328 g/mol. The number of aryl methyl sites for hydroxylation is 1. The molecule has 112 valence electrons. The Morgan fingerprint density at radius 1 is 0.905 bits per heavy atom. The maximum absolute atomic E-state index is 11.6. The highest BCUT2D eigenvalue weighted by molar-refractivity contribution is 7.90. The zero-order valence-electron chi connectivity index (χ0n) is 11.9. The van der Waals surface area contributed by atoms with Crippen molar-refractivity contribution >= 4 is 19.7 Å². The number of rotatable bonds is 3. The third kappa shape index (κ3) is 3.45. The quantitative estimate of drug-likeness (QED) is 0.730. The first kappa shape index (κ1) is 15.6. The molecule has 0 aliphatic rings. The second kappa shape index (κ2) is 5.19. The van der Waals surface area contributed by atoms with Crippen molar-refractivity contribution in [3.63, 3.8) is 0 Å². The van der Waals surface area contributed by atoms with Gasteiger partial charge in [0.15, 0.2) is 12.4 Å². The van der Waals surface area contributed by atoms with E-state index in [9.17, 15) is 16.8 Å². The lowest BCUT2D eigenvalue weighted by molar-refractivity contribution is -0.709. The van der Waals surface area contributed by atoms with E-state index in [1.165, 1.54) is 16.7 Å². The fourth-order valence-electron chi connectivity index (χ4n) is 1.97. The highest BCUT2D eigenvalue weighted by Gasteiger charge is 2.20. The lowest BCUT2D eigenvalue weighted by Crippen LogP contribution is -2.35. The molecule has 0 atom stereocenters. The molecule has 2 rings (SSSR count). The average Bonchev–Trinajstić information content (AvgIpc) is 2.36. The van der Waals surface area contributed by atoms with Gasteiger partial charge in [0.2, 0.25) is 19.7 Å². The predicted octanol–water partition coefficient (Wildman–Crippen LogP) is -0.201. The van der Waals surface area contributed by atoms with Crippen LogP contribution in [0.25, 0.3) is 11.1 Å². The largest absolute Gasteiger partial charge is 0.296 e. The maximum atomic E-state index is 11.6. The van der Waals surface area contributed by atoms with Gasteiger partial charge in [0.05, 0.1) is 11.1 Å². The van der Waals surface area contributed by atoms with E-state index >= 15 is 0 Å². The number of aromatic nitrogens is 2. The molecule has 8 heteroatoms. The molecule has 0 unspecified atom stereocenters. The van der Waals surface area contributed by atoms with Crippen LogP contribution in [0.2, 0.25) is 0 Å². The van der Waals surface area contributed by atoms with Crippen molar-refractivity contribution < 1.29 is 26.4 Å². The molecular weight excluding hydrogens is 312 g/mol. The Balaban J connectivity index is 2.47. The molecule has 6 nitrogen and oxygen atoms in total. The lowest BCUT2D eigenvalue weighted by Gasteiger charge is -2.01. The molecule has 0 aliphatic heterocycles. The highest BCUT2D eigenvalue weighted by atomic mass is 32.2. The summed E-state index contributed by atoms with van der Waals surface area (Å²) >= 11 is 0. The Bertz CT molecular complexity index is 886.